The summed E-state index contributed by atoms with van der Waals surface area (Å²) < 4.78 is 32.6. The number of fused-ring (bicyclic) bond motifs is 1. The number of hydrogen-bond donors (Lipinski definition) is 1. The van der Waals surface area contributed by atoms with Crippen LogP contribution in [-0.4, -0.2) is 49.8 Å². The first kappa shape index (κ1) is 22.4. The van der Waals surface area contributed by atoms with Crippen LogP contribution < -0.4 is 5.32 Å². The van der Waals surface area contributed by atoms with Crippen molar-refractivity contribution in [3.63, 3.8) is 0 Å². The largest absolute Gasteiger partial charge is 0.465 e. The molecule has 0 spiro atoms. The van der Waals surface area contributed by atoms with Crippen LogP contribution in [0.3, 0.4) is 0 Å². The summed E-state index contributed by atoms with van der Waals surface area (Å²) in [5.41, 5.74) is 2.09. The predicted octanol–water partition coefficient (Wildman–Crippen LogP) is 3.43. The standard InChI is InChI=1S/C22H23N3O5S2/c1-14-3-6-17(7-4-14)32(28,29)25-11-9-15(10-12-25)20(26)24-22-23-18-8-5-16(21(27)30-2)13-19(18)31-22/h3-8,13,15H,9-12H2,1-2H3,(H,23,24,26). The van der Waals surface area contributed by atoms with Gasteiger partial charge in [-0.25, -0.2) is 18.2 Å². The lowest BCUT2D eigenvalue weighted by Gasteiger charge is -2.30. The molecule has 0 unspecified atom stereocenters. The first-order chi connectivity index (χ1) is 15.3. The average molecular weight is 474 g/mol. The minimum atomic E-state index is -3.56. The third-order valence-electron chi connectivity index (χ3n) is 5.52. The molecule has 8 nitrogen and oxygen atoms in total. The number of benzene rings is 2. The molecule has 1 aromatic heterocycles. The number of aryl methyl sites for hydroxylation is 1. The molecule has 0 radical (unpaired) electrons. The Hall–Kier alpha value is -2.82. The highest BCUT2D eigenvalue weighted by Crippen LogP contribution is 2.29. The van der Waals surface area contributed by atoms with E-state index in [9.17, 15) is 18.0 Å². The molecule has 1 aliphatic rings. The number of sulfonamides is 1. The summed E-state index contributed by atoms with van der Waals surface area (Å²) in [6.45, 7) is 2.48. The molecule has 4 rings (SSSR count). The van der Waals surface area contributed by atoms with Gasteiger partial charge in [0.1, 0.15) is 0 Å². The van der Waals surface area contributed by atoms with Gasteiger partial charge < -0.3 is 10.1 Å². The normalized spacial score (nSPS) is 15.6. The molecule has 1 amide bonds. The number of carbonyl (C=O) groups excluding carboxylic acids is 2. The Labute approximate surface area is 190 Å². The molecule has 1 saturated heterocycles. The van der Waals surface area contributed by atoms with Gasteiger partial charge in [-0.1, -0.05) is 29.0 Å². The summed E-state index contributed by atoms with van der Waals surface area (Å²) in [7, 11) is -2.24. The number of methoxy groups -OCH3 is 1. The monoisotopic (exact) mass is 473 g/mol. The molecule has 168 valence electrons. The number of nitrogens with zero attached hydrogens (tertiary/aromatic N) is 2. The number of piperidine rings is 1. The van der Waals surface area contributed by atoms with Crippen molar-refractivity contribution in [3.05, 3.63) is 53.6 Å². The first-order valence-electron chi connectivity index (χ1n) is 10.1. The average Bonchev–Trinajstić information content (AvgIpc) is 3.20. The number of carbonyl (C=O) groups is 2. The van der Waals surface area contributed by atoms with E-state index in [-0.39, 0.29) is 29.8 Å². The molecule has 2 aromatic carbocycles. The highest BCUT2D eigenvalue weighted by Gasteiger charge is 2.32. The second-order valence-electron chi connectivity index (χ2n) is 7.67. The molecule has 1 aliphatic heterocycles. The Morgan fingerprint density at radius 2 is 1.81 bits per heavy atom. The minimum absolute atomic E-state index is 0.176. The van der Waals surface area contributed by atoms with Gasteiger partial charge in [0, 0.05) is 19.0 Å². The number of amides is 1. The van der Waals surface area contributed by atoms with Crippen LogP contribution in [0.15, 0.2) is 47.4 Å². The molecule has 0 saturated carbocycles. The molecule has 0 aliphatic carbocycles. The zero-order valence-electron chi connectivity index (χ0n) is 17.7. The van der Waals surface area contributed by atoms with Gasteiger partial charge in [-0.05, 0) is 50.1 Å². The Balaban J connectivity index is 1.39. The summed E-state index contributed by atoms with van der Waals surface area (Å²) >= 11 is 1.28. The number of esters is 1. The number of hydrogen-bond acceptors (Lipinski definition) is 7. The van der Waals surface area contributed by atoms with Gasteiger partial charge in [-0.2, -0.15) is 4.31 Å². The van der Waals surface area contributed by atoms with Crippen molar-refractivity contribution in [2.45, 2.75) is 24.7 Å². The molecule has 32 heavy (non-hydrogen) atoms. The van der Waals surface area contributed by atoms with Gasteiger partial charge >= 0.3 is 5.97 Å². The minimum Gasteiger partial charge on any atom is -0.465 e. The maximum Gasteiger partial charge on any atom is 0.337 e. The smallest absolute Gasteiger partial charge is 0.337 e. The van der Waals surface area contributed by atoms with Gasteiger partial charge in [-0.15, -0.1) is 0 Å². The Kier molecular flexibility index (Phi) is 6.27. The van der Waals surface area contributed by atoms with E-state index in [0.29, 0.717) is 29.1 Å². The van der Waals surface area contributed by atoms with Crippen molar-refractivity contribution in [2.24, 2.45) is 5.92 Å². The van der Waals surface area contributed by atoms with Crippen LogP contribution in [-0.2, 0) is 19.6 Å². The number of thiazole rings is 1. The van der Waals surface area contributed by atoms with E-state index in [0.717, 1.165) is 10.3 Å². The Morgan fingerprint density at radius 1 is 1.12 bits per heavy atom. The SMILES string of the molecule is COC(=O)c1ccc2nc(NC(=O)C3CCN(S(=O)(=O)c4ccc(C)cc4)CC3)sc2c1. The second kappa shape index (κ2) is 8.97. The second-order valence-corrected chi connectivity index (χ2v) is 10.6. The molecule has 1 fully saturated rings. The topological polar surface area (TPSA) is 106 Å². The number of aromatic nitrogens is 1. The Bertz CT molecular complexity index is 1260. The lowest BCUT2D eigenvalue weighted by molar-refractivity contribution is -0.120. The third kappa shape index (κ3) is 4.52. The number of ether oxygens (including phenoxy) is 1. The van der Waals surface area contributed by atoms with E-state index in [4.69, 9.17) is 4.74 Å². The maximum absolute atomic E-state index is 12.8. The fraction of sp³-hybridized carbons (Fsp3) is 0.318. The van der Waals surface area contributed by atoms with Gasteiger partial charge in [-0.3, -0.25) is 4.79 Å². The zero-order valence-corrected chi connectivity index (χ0v) is 19.3. The van der Waals surface area contributed by atoms with Crippen molar-refractivity contribution in [2.75, 3.05) is 25.5 Å². The van der Waals surface area contributed by atoms with Crippen molar-refractivity contribution < 1.29 is 22.7 Å². The van der Waals surface area contributed by atoms with Crippen LogP contribution in [0.25, 0.3) is 10.2 Å². The van der Waals surface area contributed by atoms with E-state index in [1.54, 1.807) is 42.5 Å². The number of anilines is 1. The zero-order chi connectivity index (χ0) is 22.9. The van der Waals surface area contributed by atoms with E-state index in [2.05, 4.69) is 10.3 Å². The first-order valence-corrected chi connectivity index (χ1v) is 12.4. The number of nitrogens with one attached hydrogen (secondary N) is 1. The van der Waals surface area contributed by atoms with E-state index in [1.807, 2.05) is 6.92 Å². The van der Waals surface area contributed by atoms with Gasteiger partial charge in [0.05, 0.1) is 27.8 Å². The van der Waals surface area contributed by atoms with Crippen LogP contribution in [0.4, 0.5) is 5.13 Å². The molecular formula is C22H23N3O5S2. The van der Waals surface area contributed by atoms with Gasteiger partial charge in [0.2, 0.25) is 15.9 Å². The fourth-order valence-corrected chi connectivity index (χ4v) is 6.03. The van der Waals surface area contributed by atoms with E-state index < -0.39 is 16.0 Å². The van der Waals surface area contributed by atoms with Crippen molar-refractivity contribution in [1.29, 1.82) is 0 Å². The summed E-state index contributed by atoms with van der Waals surface area (Å²) in [4.78, 5) is 29.1. The van der Waals surface area contributed by atoms with Crippen LogP contribution in [0.5, 0.6) is 0 Å². The highest BCUT2D eigenvalue weighted by atomic mass is 32.2. The van der Waals surface area contributed by atoms with Gasteiger partial charge in [0.15, 0.2) is 5.13 Å². The molecule has 1 N–H and O–H groups in total. The van der Waals surface area contributed by atoms with Crippen LogP contribution in [0, 0.1) is 12.8 Å². The molecule has 3 aromatic rings. The summed E-state index contributed by atoms with van der Waals surface area (Å²) in [6.07, 6.45) is 0.878. The number of rotatable bonds is 5. The lowest BCUT2D eigenvalue weighted by Crippen LogP contribution is -2.41. The molecule has 2 heterocycles. The van der Waals surface area contributed by atoms with Gasteiger partial charge in [0.25, 0.3) is 0 Å². The summed E-state index contributed by atoms with van der Waals surface area (Å²) in [6, 6.07) is 11.8. The van der Waals surface area contributed by atoms with Crippen molar-refractivity contribution in [3.8, 4) is 0 Å². The predicted molar refractivity (Wildman–Crippen MR) is 122 cm³/mol. The summed E-state index contributed by atoms with van der Waals surface area (Å²) in [5, 5.41) is 3.29. The molecule has 10 heteroatoms. The Morgan fingerprint density at radius 3 is 2.47 bits per heavy atom. The lowest BCUT2D eigenvalue weighted by atomic mass is 9.97. The highest BCUT2D eigenvalue weighted by molar-refractivity contribution is 7.89. The summed E-state index contributed by atoms with van der Waals surface area (Å²) in [5.74, 6) is -0.903. The fourth-order valence-electron chi connectivity index (χ4n) is 3.65. The van der Waals surface area contributed by atoms with Crippen molar-refractivity contribution >= 4 is 48.6 Å². The quantitative estimate of drug-likeness (QED) is 0.569. The van der Waals surface area contributed by atoms with Crippen LogP contribution >= 0.6 is 11.3 Å². The maximum atomic E-state index is 12.8. The molecule has 0 atom stereocenters. The third-order valence-corrected chi connectivity index (χ3v) is 8.37. The molecular weight excluding hydrogens is 450 g/mol. The van der Waals surface area contributed by atoms with E-state index in [1.165, 1.54) is 22.8 Å². The van der Waals surface area contributed by atoms with Crippen LogP contribution in [0.1, 0.15) is 28.8 Å². The molecule has 0 bridgehead atoms. The van der Waals surface area contributed by atoms with E-state index >= 15 is 0 Å². The van der Waals surface area contributed by atoms with Crippen molar-refractivity contribution in [1.82, 2.24) is 9.29 Å². The van der Waals surface area contributed by atoms with Crippen LogP contribution in [0.2, 0.25) is 0 Å².